The lowest BCUT2D eigenvalue weighted by Crippen LogP contribution is -2.30. The molecule has 0 unspecified atom stereocenters. The first-order chi connectivity index (χ1) is 12.4. The first kappa shape index (κ1) is 18.3. The molecule has 0 bridgehead atoms. The van der Waals surface area contributed by atoms with E-state index in [1.165, 1.54) is 24.3 Å². The van der Waals surface area contributed by atoms with E-state index in [4.69, 9.17) is 0 Å². The number of sulfonamides is 1. The lowest BCUT2D eigenvalue weighted by atomic mass is 9.99. The Morgan fingerprint density at radius 3 is 2.04 bits per heavy atom. The molecule has 0 saturated carbocycles. The van der Waals surface area contributed by atoms with Crippen LogP contribution in [0.2, 0.25) is 0 Å². The molecule has 0 heterocycles. The Morgan fingerprint density at radius 2 is 1.42 bits per heavy atom. The van der Waals surface area contributed by atoms with Gasteiger partial charge in [-0.1, -0.05) is 72.3 Å². The molecule has 134 valence electrons. The molecule has 3 rings (SSSR count). The normalized spacial score (nSPS) is 12.7. The van der Waals surface area contributed by atoms with E-state index in [-0.39, 0.29) is 11.6 Å². The van der Waals surface area contributed by atoms with Crippen molar-refractivity contribution in [2.75, 3.05) is 0 Å². The van der Waals surface area contributed by atoms with Crippen molar-refractivity contribution in [2.45, 2.75) is 18.7 Å². The largest absolute Gasteiger partial charge is 0.216 e. The van der Waals surface area contributed by atoms with Crippen molar-refractivity contribution >= 4 is 10.0 Å². The number of aryl methyl sites for hydroxylation is 1. The summed E-state index contributed by atoms with van der Waals surface area (Å²) in [7, 11) is -3.63. The topological polar surface area (TPSA) is 46.2 Å². The van der Waals surface area contributed by atoms with Gasteiger partial charge in [0, 0.05) is 0 Å². The van der Waals surface area contributed by atoms with E-state index < -0.39 is 16.1 Å². The number of hydrogen-bond acceptors (Lipinski definition) is 2. The second-order valence-corrected chi connectivity index (χ2v) is 8.01. The van der Waals surface area contributed by atoms with Crippen molar-refractivity contribution in [1.82, 2.24) is 4.72 Å². The highest BCUT2D eigenvalue weighted by molar-refractivity contribution is 7.88. The van der Waals surface area contributed by atoms with Gasteiger partial charge in [-0.3, -0.25) is 0 Å². The second kappa shape index (κ2) is 7.81. The van der Waals surface area contributed by atoms with Gasteiger partial charge in [-0.15, -0.1) is 0 Å². The van der Waals surface area contributed by atoms with Crippen molar-refractivity contribution in [3.63, 3.8) is 0 Å². The molecule has 1 N–H and O–H groups in total. The third-order valence-corrected chi connectivity index (χ3v) is 5.42. The molecule has 0 spiro atoms. The van der Waals surface area contributed by atoms with Crippen LogP contribution >= 0.6 is 0 Å². The van der Waals surface area contributed by atoms with E-state index in [0.29, 0.717) is 5.56 Å². The van der Waals surface area contributed by atoms with E-state index in [1.807, 2.05) is 61.5 Å². The van der Waals surface area contributed by atoms with Gasteiger partial charge in [0.15, 0.2) is 0 Å². The standard InChI is InChI=1S/C21H20FNO2S/c1-16-7-11-19(12-8-16)21(18-5-3-2-4-6-18)23-26(24,25)15-17-9-13-20(22)14-10-17/h2-14,21,23H,15H2,1H3/t21-/m0/s1. The average molecular weight is 369 g/mol. The summed E-state index contributed by atoms with van der Waals surface area (Å²) in [6.45, 7) is 1.99. The highest BCUT2D eigenvalue weighted by Gasteiger charge is 2.21. The first-order valence-electron chi connectivity index (χ1n) is 8.29. The molecule has 0 amide bonds. The molecule has 1 atom stereocenters. The number of hydrogen-bond donors (Lipinski definition) is 1. The molecule has 0 aliphatic rings. The average Bonchev–Trinajstić information content (AvgIpc) is 2.63. The van der Waals surface area contributed by atoms with Crippen LogP contribution in [-0.4, -0.2) is 8.42 Å². The highest BCUT2D eigenvalue weighted by atomic mass is 32.2. The summed E-state index contributed by atoms with van der Waals surface area (Å²) in [5.41, 5.74) is 3.37. The number of benzene rings is 3. The van der Waals surface area contributed by atoms with Crippen molar-refractivity contribution < 1.29 is 12.8 Å². The quantitative estimate of drug-likeness (QED) is 0.702. The third-order valence-electron chi connectivity index (χ3n) is 4.11. The summed E-state index contributed by atoms with van der Waals surface area (Å²) in [6, 6.07) is 22.2. The Labute approximate surface area is 153 Å². The van der Waals surface area contributed by atoms with Gasteiger partial charge in [-0.2, -0.15) is 0 Å². The summed E-state index contributed by atoms with van der Waals surface area (Å²) in [6.07, 6.45) is 0. The van der Waals surface area contributed by atoms with Crippen LogP contribution in [-0.2, 0) is 15.8 Å². The molecule has 0 radical (unpaired) electrons. The SMILES string of the molecule is Cc1ccc([C@@H](NS(=O)(=O)Cc2ccc(F)cc2)c2ccccc2)cc1. The van der Waals surface area contributed by atoms with Crippen LogP contribution in [0.1, 0.15) is 28.3 Å². The Hall–Kier alpha value is -2.50. The monoisotopic (exact) mass is 369 g/mol. The number of nitrogens with one attached hydrogen (secondary N) is 1. The summed E-state index contributed by atoms with van der Waals surface area (Å²) in [4.78, 5) is 0. The second-order valence-electron chi connectivity index (χ2n) is 6.26. The summed E-state index contributed by atoms with van der Waals surface area (Å²) < 4.78 is 41.2. The highest BCUT2D eigenvalue weighted by Crippen LogP contribution is 2.24. The van der Waals surface area contributed by atoms with E-state index in [9.17, 15) is 12.8 Å². The summed E-state index contributed by atoms with van der Waals surface area (Å²) >= 11 is 0. The van der Waals surface area contributed by atoms with Crippen LogP contribution in [0.25, 0.3) is 0 Å². The minimum atomic E-state index is -3.63. The molecule has 0 saturated heterocycles. The van der Waals surface area contributed by atoms with Gasteiger partial charge in [0.2, 0.25) is 10.0 Å². The van der Waals surface area contributed by atoms with Crippen molar-refractivity contribution in [3.05, 3.63) is 107 Å². The maximum Gasteiger partial charge on any atom is 0.216 e. The molecular formula is C21H20FNO2S. The fourth-order valence-corrected chi connectivity index (χ4v) is 4.10. The minimum absolute atomic E-state index is 0.206. The minimum Gasteiger partial charge on any atom is -0.212 e. The Bertz CT molecular complexity index is 953. The van der Waals surface area contributed by atoms with Crippen molar-refractivity contribution in [1.29, 1.82) is 0 Å². The predicted molar refractivity (Wildman–Crippen MR) is 102 cm³/mol. The Morgan fingerprint density at radius 1 is 0.846 bits per heavy atom. The smallest absolute Gasteiger partial charge is 0.212 e. The van der Waals surface area contributed by atoms with Crippen LogP contribution in [0.15, 0.2) is 78.9 Å². The van der Waals surface area contributed by atoms with Gasteiger partial charge in [0.1, 0.15) is 5.82 Å². The molecule has 0 fully saturated rings. The molecule has 3 aromatic rings. The van der Waals surface area contributed by atoms with E-state index in [2.05, 4.69) is 4.72 Å². The molecule has 26 heavy (non-hydrogen) atoms. The third kappa shape index (κ3) is 4.77. The van der Waals surface area contributed by atoms with Gasteiger partial charge in [0.05, 0.1) is 11.8 Å². The van der Waals surface area contributed by atoms with E-state index in [1.54, 1.807) is 0 Å². The van der Waals surface area contributed by atoms with Gasteiger partial charge >= 0.3 is 0 Å². The zero-order chi connectivity index (χ0) is 18.6. The molecule has 3 nitrogen and oxygen atoms in total. The molecule has 0 aliphatic heterocycles. The van der Waals surface area contributed by atoms with Crippen LogP contribution in [0, 0.1) is 12.7 Å². The van der Waals surface area contributed by atoms with Gasteiger partial charge in [-0.25, -0.2) is 17.5 Å². The van der Waals surface area contributed by atoms with Gasteiger partial charge < -0.3 is 0 Å². The number of rotatable bonds is 6. The van der Waals surface area contributed by atoms with Crippen LogP contribution < -0.4 is 4.72 Å². The van der Waals surface area contributed by atoms with Crippen LogP contribution in [0.4, 0.5) is 4.39 Å². The fourth-order valence-electron chi connectivity index (χ4n) is 2.75. The van der Waals surface area contributed by atoms with Crippen LogP contribution in [0.5, 0.6) is 0 Å². The van der Waals surface area contributed by atoms with Gasteiger partial charge in [0.25, 0.3) is 0 Å². The molecular weight excluding hydrogens is 349 g/mol. The van der Waals surface area contributed by atoms with Crippen molar-refractivity contribution in [2.24, 2.45) is 0 Å². The summed E-state index contributed by atoms with van der Waals surface area (Å²) in [5, 5.41) is 0. The first-order valence-corrected chi connectivity index (χ1v) is 9.94. The Balaban J connectivity index is 1.89. The van der Waals surface area contributed by atoms with E-state index in [0.717, 1.165) is 16.7 Å². The number of halogens is 1. The lowest BCUT2D eigenvalue weighted by molar-refractivity contribution is 0.571. The maximum absolute atomic E-state index is 13.0. The van der Waals surface area contributed by atoms with Gasteiger partial charge in [-0.05, 0) is 35.7 Å². The fraction of sp³-hybridized carbons (Fsp3) is 0.143. The molecule has 5 heteroatoms. The van der Waals surface area contributed by atoms with Crippen LogP contribution in [0.3, 0.4) is 0 Å². The lowest BCUT2D eigenvalue weighted by Gasteiger charge is -2.20. The van der Waals surface area contributed by atoms with Crippen molar-refractivity contribution in [3.8, 4) is 0 Å². The molecule has 3 aromatic carbocycles. The van der Waals surface area contributed by atoms with E-state index >= 15 is 0 Å². The Kier molecular flexibility index (Phi) is 5.49. The summed E-state index contributed by atoms with van der Waals surface area (Å²) in [5.74, 6) is -0.594. The molecule has 0 aliphatic carbocycles. The zero-order valence-corrected chi connectivity index (χ0v) is 15.2. The maximum atomic E-state index is 13.0. The zero-order valence-electron chi connectivity index (χ0n) is 14.4. The predicted octanol–water partition coefficient (Wildman–Crippen LogP) is 4.34. The molecule has 0 aromatic heterocycles.